The fraction of sp³-hybridized carbons (Fsp3) is 0. The van der Waals surface area contributed by atoms with E-state index in [0.717, 1.165) is 22.8 Å². The van der Waals surface area contributed by atoms with E-state index in [2.05, 4.69) is 65.7 Å². The molecule has 0 bridgehead atoms. The van der Waals surface area contributed by atoms with Crippen LogP contribution in [0.15, 0.2) is 94.8 Å². The molecule has 6 aromatic heterocycles. The molecule has 0 aromatic carbocycles. The van der Waals surface area contributed by atoms with E-state index in [1.54, 1.807) is 58.0 Å². The van der Waals surface area contributed by atoms with E-state index in [9.17, 15) is 0 Å². The molecule has 0 N–H and O–H groups in total. The summed E-state index contributed by atoms with van der Waals surface area (Å²) in [6, 6.07) is 20.5. The van der Waals surface area contributed by atoms with Crippen molar-refractivity contribution < 1.29 is 0 Å². The Labute approximate surface area is 201 Å². The van der Waals surface area contributed by atoms with Crippen molar-refractivity contribution >= 4 is 45.3 Å². The third kappa shape index (κ3) is 4.89. The molecule has 6 rings (SSSR count). The van der Waals surface area contributed by atoms with Gasteiger partial charge in [0.25, 0.3) is 0 Å². The van der Waals surface area contributed by atoms with Gasteiger partial charge in [-0.05, 0) is 57.9 Å². The largest absolute Gasteiger partial charge is 0.235 e. The minimum atomic E-state index is 0.994. The zero-order valence-corrected chi connectivity index (χ0v) is 19.9. The van der Waals surface area contributed by atoms with Crippen LogP contribution in [0, 0.1) is 0 Å². The van der Waals surface area contributed by atoms with Crippen molar-refractivity contribution in [1.29, 1.82) is 0 Å². The maximum atomic E-state index is 4.30. The highest BCUT2D eigenvalue weighted by Gasteiger charge is 2.06. The van der Waals surface area contributed by atoms with Gasteiger partial charge in [0.05, 0.1) is 42.3 Å². The zero-order chi connectivity index (χ0) is 21.6. The molecule has 0 atom stereocenters. The van der Waals surface area contributed by atoms with Gasteiger partial charge in [-0.15, -0.1) is 45.3 Å². The predicted octanol–water partition coefficient (Wildman–Crippen LogP) is 7.87. The Morgan fingerprint density at radius 3 is 0.906 bits per heavy atom. The number of thiophene rings is 4. The maximum absolute atomic E-state index is 4.30. The third-order valence-electron chi connectivity index (χ3n) is 4.43. The summed E-state index contributed by atoms with van der Waals surface area (Å²) in [7, 11) is 0. The van der Waals surface area contributed by atoms with Crippen molar-refractivity contribution in [2.45, 2.75) is 0 Å². The molecule has 4 nitrogen and oxygen atoms in total. The van der Waals surface area contributed by atoms with Crippen molar-refractivity contribution in [2.75, 3.05) is 0 Å². The molecule has 6 aromatic rings. The Kier molecular flexibility index (Phi) is 6.55. The standard InChI is InChI=1S/2C12H8N2S2/c2*1-3-11(15-5-1)9-7-10(14-8-13-9)12-4-2-6-16-12/h2*1-8H. The molecule has 0 unspecified atom stereocenters. The summed E-state index contributed by atoms with van der Waals surface area (Å²) in [6.07, 6.45) is 3.26. The van der Waals surface area contributed by atoms with Crippen LogP contribution in [0.4, 0.5) is 0 Å². The molecule has 0 radical (unpaired) electrons. The summed E-state index contributed by atoms with van der Waals surface area (Å²) in [5.41, 5.74) is 3.98. The van der Waals surface area contributed by atoms with Gasteiger partial charge in [0, 0.05) is 0 Å². The minimum Gasteiger partial charge on any atom is -0.235 e. The van der Waals surface area contributed by atoms with Gasteiger partial charge in [0.2, 0.25) is 0 Å². The monoisotopic (exact) mass is 488 g/mol. The van der Waals surface area contributed by atoms with Gasteiger partial charge in [0.1, 0.15) is 12.7 Å². The second kappa shape index (κ2) is 10.1. The minimum absolute atomic E-state index is 0.994. The van der Waals surface area contributed by atoms with Crippen LogP contribution < -0.4 is 0 Å². The molecule has 0 saturated heterocycles. The zero-order valence-electron chi connectivity index (χ0n) is 16.7. The molecule has 0 amide bonds. The first-order chi connectivity index (χ1) is 15.9. The fourth-order valence-electron chi connectivity index (χ4n) is 2.95. The summed E-state index contributed by atoms with van der Waals surface area (Å²) in [6.45, 7) is 0. The number of rotatable bonds is 4. The van der Waals surface area contributed by atoms with E-state index < -0.39 is 0 Å². The van der Waals surface area contributed by atoms with E-state index in [1.807, 2.05) is 36.4 Å². The van der Waals surface area contributed by atoms with Gasteiger partial charge in [-0.2, -0.15) is 0 Å². The smallest absolute Gasteiger partial charge is 0.116 e. The summed E-state index contributed by atoms with van der Waals surface area (Å²) in [5.74, 6) is 0. The molecule has 0 aliphatic heterocycles. The van der Waals surface area contributed by atoms with Crippen molar-refractivity contribution in [1.82, 2.24) is 19.9 Å². The van der Waals surface area contributed by atoms with E-state index >= 15 is 0 Å². The van der Waals surface area contributed by atoms with E-state index in [0.29, 0.717) is 0 Å². The van der Waals surface area contributed by atoms with Crippen LogP contribution >= 0.6 is 45.3 Å². The summed E-state index contributed by atoms with van der Waals surface area (Å²) >= 11 is 6.78. The molecular formula is C24H16N4S4. The first-order valence-corrected chi connectivity index (χ1v) is 13.2. The van der Waals surface area contributed by atoms with Gasteiger partial charge < -0.3 is 0 Å². The molecule has 156 valence electrons. The Morgan fingerprint density at radius 2 is 0.688 bits per heavy atom. The van der Waals surface area contributed by atoms with Gasteiger partial charge in [-0.1, -0.05) is 24.3 Å². The van der Waals surface area contributed by atoms with Crippen LogP contribution in [0.25, 0.3) is 42.3 Å². The van der Waals surface area contributed by atoms with Crippen molar-refractivity contribution in [3.8, 4) is 42.3 Å². The first kappa shape index (κ1) is 20.8. The van der Waals surface area contributed by atoms with Gasteiger partial charge >= 0.3 is 0 Å². The Morgan fingerprint density at radius 1 is 0.406 bits per heavy atom. The molecule has 0 spiro atoms. The lowest BCUT2D eigenvalue weighted by Crippen LogP contribution is -1.85. The van der Waals surface area contributed by atoms with Crippen LogP contribution in [-0.4, -0.2) is 19.9 Å². The first-order valence-electron chi connectivity index (χ1n) is 9.66. The van der Waals surface area contributed by atoms with Crippen molar-refractivity contribution in [3.63, 3.8) is 0 Å². The summed E-state index contributed by atoms with van der Waals surface area (Å²) in [5, 5.41) is 8.23. The van der Waals surface area contributed by atoms with Crippen LogP contribution in [0.5, 0.6) is 0 Å². The Bertz CT molecular complexity index is 1150. The molecular weight excluding hydrogens is 473 g/mol. The summed E-state index contributed by atoms with van der Waals surface area (Å²) < 4.78 is 0. The van der Waals surface area contributed by atoms with E-state index in [1.165, 1.54) is 19.5 Å². The average Bonchev–Trinajstić information content (AvgIpc) is 3.68. The van der Waals surface area contributed by atoms with Crippen LogP contribution in [0.1, 0.15) is 0 Å². The number of hydrogen-bond donors (Lipinski definition) is 0. The quantitative estimate of drug-likeness (QED) is 0.253. The highest BCUT2D eigenvalue weighted by atomic mass is 32.1. The highest BCUT2D eigenvalue weighted by Crippen LogP contribution is 2.29. The van der Waals surface area contributed by atoms with Gasteiger partial charge in [-0.25, -0.2) is 19.9 Å². The van der Waals surface area contributed by atoms with Gasteiger partial charge in [0.15, 0.2) is 0 Å². The molecule has 32 heavy (non-hydrogen) atoms. The average molecular weight is 489 g/mol. The van der Waals surface area contributed by atoms with Crippen LogP contribution in [-0.2, 0) is 0 Å². The molecule has 8 heteroatoms. The lowest BCUT2D eigenvalue weighted by atomic mass is 10.2. The highest BCUT2D eigenvalue weighted by molar-refractivity contribution is 7.14. The predicted molar refractivity (Wildman–Crippen MR) is 137 cm³/mol. The lowest BCUT2D eigenvalue weighted by Gasteiger charge is -1.99. The topological polar surface area (TPSA) is 51.6 Å². The number of hydrogen-bond acceptors (Lipinski definition) is 8. The second-order valence-electron chi connectivity index (χ2n) is 6.49. The number of nitrogens with zero attached hydrogens (tertiary/aromatic N) is 4. The Hall–Kier alpha value is -3.04. The molecule has 0 aliphatic carbocycles. The second-order valence-corrected chi connectivity index (χ2v) is 10.3. The summed E-state index contributed by atoms with van der Waals surface area (Å²) in [4.78, 5) is 21.9. The number of aromatic nitrogens is 4. The lowest BCUT2D eigenvalue weighted by molar-refractivity contribution is 1.19. The van der Waals surface area contributed by atoms with Crippen molar-refractivity contribution in [3.05, 3.63) is 94.8 Å². The molecule has 0 aliphatic rings. The fourth-order valence-corrected chi connectivity index (χ4v) is 5.72. The normalized spacial score (nSPS) is 10.5. The van der Waals surface area contributed by atoms with Gasteiger partial charge in [-0.3, -0.25) is 0 Å². The van der Waals surface area contributed by atoms with E-state index in [4.69, 9.17) is 0 Å². The Balaban J connectivity index is 0.000000135. The van der Waals surface area contributed by atoms with Crippen molar-refractivity contribution in [2.24, 2.45) is 0 Å². The molecule has 0 fully saturated rings. The molecule has 6 heterocycles. The maximum Gasteiger partial charge on any atom is 0.116 e. The van der Waals surface area contributed by atoms with Crippen LogP contribution in [0.3, 0.4) is 0 Å². The third-order valence-corrected chi connectivity index (χ3v) is 8.00. The SMILES string of the molecule is c1csc(-c2cc(-c3cccs3)ncn2)c1.c1csc(-c2cc(-c3cccs3)ncn2)c1. The van der Waals surface area contributed by atoms with Crippen LogP contribution in [0.2, 0.25) is 0 Å². The van der Waals surface area contributed by atoms with E-state index in [-0.39, 0.29) is 0 Å². The molecule has 0 saturated carbocycles.